The number of anilines is 1. The predicted octanol–water partition coefficient (Wildman–Crippen LogP) is 3.09. The molecule has 30 heavy (non-hydrogen) atoms. The molecule has 1 fully saturated rings. The largest absolute Gasteiger partial charge is 0.355 e. The summed E-state index contributed by atoms with van der Waals surface area (Å²) in [7, 11) is 2.15. The van der Waals surface area contributed by atoms with E-state index < -0.39 is 0 Å². The van der Waals surface area contributed by atoms with Crippen molar-refractivity contribution in [2.24, 2.45) is 0 Å². The van der Waals surface area contributed by atoms with Crippen LogP contribution in [0.15, 0.2) is 11.1 Å². The van der Waals surface area contributed by atoms with E-state index >= 15 is 0 Å². The summed E-state index contributed by atoms with van der Waals surface area (Å²) in [6, 6.07) is 2.50. The Kier molecular flexibility index (Phi) is 8.39. The first-order valence-corrected chi connectivity index (χ1v) is 12.1. The lowest BCUT2D eigenvalue weighted by Crippen LogP contribution is -2.44. The monoisotopic (exact) mass is 433 g/mol. The number of thioether (sulfide) groups is 1. The van der Waals surface area contributed by atoms with Gasteiger partial charge in [-0.2, -0.15) is 0 Å². The van der Waals surface area contributed by atoms with Crippen LogP contribution in [0.2, 0.25) is 0 Å². The quantitative estimate of drug-likeness (QED) is 0.691. The standard InChI is InChI=1S/C22H35N5O2S/c1-16-15-17(2)25-21-20(16)27(13-14-30-21)22(29)24-10-9-19(28)23-11-12-26(3)18-7-5-4-6-8-18/h15,18H,4-14H2,1-3H3,(H,23,28)(H,24,29). The zero-order valence-corrected chi connectivity index (χ0v) is 19.3. The molecule has 2 N–H and O–H groups in total. The summed E-state index contributed by atoms with van der Waals surface area (Å²) in [5, 5.41) is 6.78. The fourth-order valence-electron chi connectivity index (χ4n) is 4.32. The van der Waals surface area contributed by atoms with Gasteiger partial charge in [0.2, 0.25) is 5.91 Å². The molecule has 1 aromatic heterocycles. The predicted molar refractivity (Wildman–Crippen MR) is 122 cm³/mol. The molecule has 0 saturated heterocycles. The van der Waals surface area contributed by atoms with E-state index in [0.29, 0.717) is 32.1 Å². The van der Waals surface area contributed by atoms with E-state index in [2.05, 4.69) is 27.6 Å². The first kappa shape index (κ1) is 22.9. The van der Waals surface area contributed by atoms with Crippen LogP contribution in [0.5, 0.6) is 0 Å². The number of carbonyl (C=O) groups is 2. The highest BCUT2D eigenvalue weighted by Crippen LogP contribution is 2.36. The maximum atomic E-state index is 12.7. The van der Waals surface area contributed by atoms with Gasteiger partial charge in [-0.1, -0.05) is 19.3 Å². The van der Waals surface area contributed by atoms with Gasteiger partial charge in [-0.25, -0.2) is 9.78 Å². The normalized spacial score (nSPS) is 17.0. The molecule has 0 bridgehead atoms. The number of carbonyl (C=O) groups excluding carboxylic acids is 2. The number of likely N-dealkylation sites (N-methyl/N-ethyl adjacent to an activating group) is 1. The van der Waals surface area contributed by atoms with Crippen LogP contribution in [0, 0.1) is 13.8 Å². The number of pyridine rings is 1. The number of urea groups is 1. The Balaban J connectivity index is 1.38. The summed E-state index contributed by atoms with van der Waals surface area (Å²) in [6.07, 6.45) is 6.81. The van der Waals surface area contributed by atoms with Gasteiger partial charge >= 0.3 is 6.03 Å². The number of hydrogen-bond donors (Lipinski definition) is 2. The number of aromatic nitrogens is 1. The number of hydrogen-bond acceptors (Lipinski definition) is 5. The highest BCUT2D eigenvalue weighted by Gasteiger charge is 2.26. The van der Waals surface area contributed by atoms with Crippen molar-refractivity contribution in [3.8, 4) is 0 Å². The summed E-state index contributed by atoms with van der Waals surface area (Å²) in [5.74, 6) is 0.807. The van der Waals surface area contributed by atoms with Crippen LogP contribution in [0.4, 0.5) is 10.5 Å². The second-order valence-electron chi connectivity index (χ2n) is 8.34. The van der Waals surface area contributed by atoms with E-state index in [1.807, 2.05) is 19.9 Å². The smallest absolute Gasteiger partial charge is 0.322 e. The zero-order chi connectivity index (χ0) is 21.5. The molecule has 0 radical (unpaired) electrons. The molecule has 0 unspecified atom stereocenters. The number of fused-ring (bicyclic) bond motifs is 1. The van der Waals surface area contributed by atoms with E-state index in [-0.39, 0.29) is 11.9 Å². The Bertz CT molecular complexity index is 751. The van der Waals surface area contributed by atoms with Crippen molar-refractivity contribution in [1.82, 2.24) is 20.5 Å². The van der Waals surface area contributed by atoms with Crippen LogP contribution >= 0.6 is 11.8 Å². The first-order valence-electron chi connectivity index (χ1n) is 11.1. The van der Waals surface area contributed by atoms with E-state index in [4.69, 9.17) is 0 Å². The maximum absolute atomic E-state index is 12.7. The molecule has 7 nitrogen and oxygen atoms in total. The van der Waals surface area contributed by atoms with Crippen LogP contribution in [-0.2, 0) is 4.79 Å². The number of aryl methyl sites for hydroxylation is 2. The number of nitrogens with one attached hydrogen (secondary N) is 2. The van der Waals surface area contributed by atoms with Gasteiger partial charge in [0.15, 0.2) is 0 Å². The Morgan fingerprint density at radius 1 is 1.20 bits per heavy atom. The van der Waals surface area contributed by atoms with E-state index in [9.17, 15) is 9.59 Å². The molecule has 166 valence electrons. The van der Waals surface area contributed by atoms with Crippen LogP contribution in [0.25, 0.3) is 0 Å². The summed E-state index contributed by atoms with van der Waals surface area (Å²) >= 11 is 1.69. The first-order chi connectivity index (χ1) is 14.5. The highest BCUT2D eigenvalue weighted by molar-refractivity contribution is 7.99. The topological polar surface area (TPSA) is 77.6 Å². The number of nitrogens with zero attached hydrogens (tertiary/aromatic N) is 3. The van der Waals surface area contributed by atoms with Crippen LogP contribution in [0.3, 0.4) is 0 Å². The zero-order valence-electron chi connectivity index (χ0n) is 18.5. The van der Waals surface area contributed by atoms with Crippen molar-refractivity contribution >= 4 is 29.4 Å². The molecule has 0 spiro atoms. The summed E-state index contributed by atoms with van der Waals surface area (Å²) in [5.41, 5.74) is 2.91. The minimum absolute atomic E-state index is 0.0181. The fourth-order valence-corrected chi connectivity index (χ4v) is 5.40. The Morgan fingerprint density at radius 2 is 1.97 bits per heavy atom. The van der Waals surface area contributed by atoms with Crippen molar-refractivity contribution in [3.63, 3.8) is 0 Å². The minimum Gasteiger partial charge on any atom is -0.355 e. The number of amides is 3. The lowest BCUT2D eigenvalue weighted by molar-refractivity contribution is -0.121. The van der Waals surface area contributed by atoms with Gasteiger partial charge in [0, 0.05) is 50.1 Å². The second kappa shape index (κ2) is 11.0. The molecule has 2 aliphatic rings. The Hall–Kier alpha value is -1.80. The van der Waals surface area contributed by atoms with Crippen molar-refractivity contribution in [2.75, 3.05) is 43.9 Å². The Morgan fingerprint density at radius 3 is 2.73 bits per heavy atom. The van der Waals surface area contributed by atoms with Crippen molar-refractivity contribution < 1.29 is 9.59 Å². The van der Waals surface area contributed by atoms with E-state index in [0.717, 1.165) is 34.3 Å². The Labute approximate surface area is 184 Å². The lowest BCUT2D eigenvalue weighted by Gasteiger charge is -2.31. The fraction of sp³-hybridized carbons (Fsp3) is 0.682. The summed E-state index contributed by atoms with van der Waals surface area (Å²) < 4.78 is 0. The third-order valence-electron chi connectivity index (χ3n) is 5.96. The van der Waals surface area contributed by atoms with Gasteiger partial charge in [0.25, 0.3) is 0 Å². The van der Waals surface area contributed by atoms with Crippen LogP contribution in [0.1, 0.15) is 49.8 Å². The molecular formula is C22H35N5O2S. The summed E-state index contributed by atoms with van der Waals surface area (Å²) in [6.45, 7) is 6.49. The van der Waals surface area contributed by atoms with Crippen LogP contribution in [-0.4, -0.2) is 66.8 Å². The molecular weight excluding hydrogens is 398 g/mol. The van der Waals surface area contributed by atoms with Crippen molar-refractivity contribution in [1.29, 1.82) is 0 Å². The van der Waals surface area contributed by atoms with Gasteiger partial charge < -0.3 is 15.5 Å². The lowest BCUT2D eigenvalue weighted by atomic mass is 9.94. The third-order valence-corrected chi connectivity index (χ3v) is 6.91. The highest BCUT2D eigenvalue weighted by atomic mass is 32.2. The molecule has 1 aromatic rings. The molecule has 1 saturated carbocycles. The van der Waals surface area contributed by atoms with Gasteiger partial charge in [-0.05, 0) is 45.4 Å². The molecule has 8 heteroatoms. The molecule has 0 aromatic carbocycles. The SMILES string of the molecule is Cc1cc(C)c2c(n1)SCCN2C(=O)NCCC(=O)NCCN(C)C1CCCCC1. The van der Waals surface area contributed by atoms with E-state index in [1.165, 1.54) is 32.1 Å². The van der Waals surface area contributed by atoms with Gasteiger partial charge in [-0.3, -0.25) is 9.69 Å². The molecule has 2 heterocycles. The van der Waals surface area contributed by atoms with Crippen molar-refractivity contribution in [3.05, 3.63) is 17.3 Å². The van der Waals surface area contributed by atoms with Crippen LogP contribution < -0.4 is 15.5 Å². The molecule has 3 amide bonds. The van der Waals surface area contributed by atoms with Gasteiger partial charge in [0.1, 0.15) is 5.03 Å². The molecule has 0 atom stereocenters. The maximum Gasteiger partial charge on any atom is 0.322 e. The average molecular weight is 434 g/mol. The molecule has 1 aliphatic heterocycles. The summed E-state index contributed by atoms with van der Waals surface area (Å²) in [4.78, 5) is 33.5. The minimum atomic E-state index is -0.157. The average Bonchev–Trinajstić information content (AvgIpc) is 2.73. The molecule has 1 aliphatic carbocycles. The van der Waals surface area contributed by atoms with Crippen molar-refractivity contribution in [2.45, 2.75) is 63.4 Å². The van der Waals surface area contributed by atoms with E-state index in [1.54, 1.807) is 16.7 Å². The van der Waals surface area contributed by atoms with Gasteiger partial charge in [0.05, 0.1) is 5.69 Å². The molecule has 3 rings (SSSR count). The van der Waals surface area contributed by atoms with Gasteiger partial charge in [-0.15, -0.1) is 11.8 Å². The second-order valence-corrected chi connectivity index (χ2v) is 9.42. The third kappa shape index (κ3) is 6.11. The number of rotatable bonds is 7.